The fourth-order valence-electron chi connectivity index (χ4n) is 1.51. The maximum absolute atomic E-state index is 11.4. The predicted octanol–water partition coefficient (Wildman–Crippen LogP) is 1.08. The number of hydrogen-bond donors (Lipinski definition) is 2. The van der Waals surface area contributed by atoms with Gasteiger partial charge in [0.05, 0.1) is 18.1 Å². The molecule has 1 aromatic rings. The summed E-state index contributed by atoms with van der Waals surface area (Å²) in [7, 11) is 1.56. The van der Waals surface area contributed by atoms with E-state index < -0.39 is 4.92 Å². The molecule has 0 aliphatic rings. The lowest BCUT2D eigenvalue weighted by atomic mass is 10.2. The zero-order valence-corrected chi connectivity index (χ0v) is 10.9. The highest BCUT2D eigenvalue weighted by Gasteiger charge is 2.10. The number of nitro groups is 1. The molecule has 7 nitrogen and oxygen atoms in total. The quantitative estimate of drug-likeness (QED) is 0.438. The van der Waals surface area contributed by atoms with Gasteiger partial charge < -0.3 is 15.4 Å². The predicted molar refractivity (Wildman–Crippen MR) is 71.2 cm³/mol. The molecule has 0 aromatic heterocycles. The Morgan fingerprint density at radius 3 is 2.79 bits per heavy atom. The van der Waals surface area contributed by atoms with Crippen molar-refractivity contribution in [1.29, 1.82) is 0 Å². The van der Waals surface area contributed by atoms with Gasteiger partial charge in [0.1, 0.15) is 0 Å². The molecule has 2 N–H and O–H groups in total. The van der Waals surface area contributed by atoms with E-state index in [0.717, 1.165) is 0 Å². The highest BCUT2D eigenvalue weighted by atomic mass is 16.6. The summed E-state index contributed by atoms with van der Waals surface area (Å²) < 4.78 is 4.81. The molecule has 0 aliphatic heterocycles. The first-order chi connectivity index (χ1) is 9.04. The van der Waals surface area contributed by atoms with E-state index in [1.807, 2.05) is 0 Å². The molecule has 0 aliphatic carbocycles. The van der Waals surface area contributed by atoms with Crippen LogP contribution in [0.5, 0.6) is 0 Å². The monoisotopic (exact) mass is 267 g/mol. The average molecular weight is 267 g/mol. The van der Waals surface area contributed by atoms with Crippen LogP contribution in [0.4, 0.5) is 11.4 Å². The normalized spacial score (nSPS) is 10.0. The summed E-state index contributed by atoms with van der Waals surface area (Å²) >= 11 is 0. The van der Waals surface area contributed by atoms with Crippen molar-refractivity contribution in [2.24, 2.45) is 0 Å². The second kappa shape index (κ2) is 7.32. The Morgan fingerprint density at radius 1 is 1.47 bits per heavy atom. The number of rotatable bonds is 7. The largest absolute Gasteiger partial charge is 0.383 e. The van der Waals surface area contributed by atoms with Crippen LogP contribution in [-0.2, 0) is 9.53 Å². The van der Waals surface area contributed by atoms with E-state index in [9.17, 15) is 14.9 Å². The molecule has 104 valence electrons. The fourth-order valence-corrected chi connectivity index (χ4v) is 1.51. The van der Waals surface area contributed by atoms with E-state index >= 15 is 0 Å². The Balaban J connectivity index is 2.48. The van der Waals surface area contributed by atoms with Crippen LogP contribution in [0.3, 0.4) is 0 Å². The molecule has 0 fully saturated rings. The van der Waals surface area contributed by atoms with Crippen molar-refractivity contribution in [1.82, 2.24) is 5.32 Å². The number of ether oxygens (including phenoxy) is 1. The van der Waals surface area contributed by atoms with Crippen LogP contribution >= 0.6 is 0 Å². The van der Waals surface area contributed by atoms with E-state index in [-0.39, 0.29) is 18.1 Å². The molecule has 0 radical (unpaired) electrons. The molecule has 0 saturated carbocycles. The summed E-state index contributed by atoms with van der Waals surface area (Å²) in [6, 6.07) is 4.63. The highest BCUT2D eigenvalue weighted by Crippen LogP contribution is 2.21. The van der Waals surface area contributed by atoms with Crippen molar-refractivity contribution in [3.05, 3.63) is 33.9 Å². The van der Waals surface area contributed by atoms with Crippen LogP contribution in [0.1, 0.15) is 5.56 Å². The molecule has 19 heavy (non-hydrogen) atoms. The molecular weight excluding hydrogens is 250 g/mol. The number of nitro benzene ring substituents is 1. The maximum Gasteiger partial charge on any atom is 0.272 e. The number of aryl methyl sites for hydroxylation is 1. The van der Waals surface area contributed by atoms with Crippen LogP contribution < -0.4 is 10.6 Å². The van der Waals surface area contributed by atoms with Crippen LogP contribution in [0.25, 0.3) is 0 Å². The number of nitrogens with one attached hydrogen (secondary N) is 2. The number of anilines is 1. The summed E-state index contributed by atoms with van der Waals surface area (Å²) in [5, 5.41) is 16.2. The van der Waals surface area contributed by atoms with Crippen molar-refractivity contribution in [2.75, 3.05) is 32.1 Å². The molecule has 7 heteroatoms. The van der Waals surface area contributed by atoms with Crippen molar-refractivity contribution in [3.63, 3.8) is 0 Å². The maximum atomic E-state index is 11.4. The average Bonchev–Trinajstić information content (AvgIpc) is 2.36. The second-order valence-corrected chi connectivity index (χ2v) is 3.95. The van der Waals surface area contributed by atoms with Gasteiger partial charge in [-0.2, -0.15) is 0 Å². The number of methoxy groups -OCH3 is 1. The Bertz CT molecular complexity index is 462. The lowest BCUT2D eigenvalue weighted by Crippen LogP contribution is -2.32. The molecule has 1 aromatic carbocycles. The number of amides is 1. The molecule has 0 bridgehead atoms. The third kappa shape index (κ3) is 4.92. The van der Waals surface area contributed by atoms with Crippen molar-refractivity contribution < 1.29 is 14.5 Å². The van der Waals surface area contributed by atoms with Gasteiger partial charge in [-0.25, -0.2) is 0 Å². The molecule has 0 saturated heterocycles. The summed E-state index contributed by atoms with van der Waals surface area (Å²) in [5.41, 5.74) is 1.29. The lowest BCUT2D eigenvalue weighted by molar-refractivity contribution is -0.385. The van der Waals surface area contributed by atoms with Crippen molar-refractivity contribution in [2.45, 2.75) is 6.92 Å². The number of carbonyl (C=O) groups is 1. The van der Waals surface area contributed by atoms with Gasteiger partial charge in [-0.15, -0.1) is 0 Å². The molecule has 1 amide bonds. The molecule has 1 rings (SSSR count). The number of benzene rings is 1. The van der Waals surface area contributed by atoms with Crippen LogP contribution in [0.15, 0.2) is 18.2 Å². The first kappa shape index (κ1) is 14.9. The molecule has 0 spiro atoms. The SMILES string of the molecule is COCCNC(=O)CNc1ccc([N+](=O)[O-])c(C)c1. The van der Waals surface area contributed by atoms with Gasteiger partial charge in [-0.1, -0.05) is 0 Å². The van der Waals surface area contributed by atoms with Gasteiger partial charge in [-0.05, 0) is 19.1 Å². The summed E-state index contributed by atoms with van der Waals surface area (Å²) in [4.78, 5) is 21.6. The molecule has 0 unspecified atom stereocenters. The zero-order valence-electron chi connectivity index (χ0n) is 10.9. The Kier molecular flexibility index (Phi) is 5.74. The minimum absolute atomic E-state index is 0.0649. The first-order valence-electron chi connectivity index (χ1n) is 5.79. The summed E-state index contributed by atoms with van der Waals surface area (Å²) in [6.45, 7) is 2.68. The molecule has 0 heterocycles. The second-order valence-electron chi connectivity index (χ2n) is 3.95. The van der Waals surface area contributed by atoms with E-state index in [4.69, 9.17) is 4.74 Å². The van der Waals surface area contributed by atoms with E-state index in [2.05, 4.69) is 10.6 Å². The van der Waals surface area contributed by atoms with E-state index in [1.165, 1.54) is 6.07 Å². The van der Waals surface area contributed by atoms with Gasteiger partial charge in [-0.3, -0.25) is 14.9 Å². The lowest BCUT2D eigenvalue weighted by Gasteiger charge is -2.08. The van der Waals surface area contributed by atoms with Crippen molar-refractivity contribution in [3.8, 4) is 0 Å². The summed E-state index contributed by atoms with van der Waals surface area (Å²) in [5.74, 6) is -0.159. The summed E-state index contributed by atoms with van der Waals surface area (Å²) in [6.07, 6.45) is 0. The van der Waals surface area contributed by atoms with Crippen LogP contribution in [0, 0.1) is 17.0 Å². The number of nitrogens with zero attached hydrogens (tertiary/aromatic N) is 1. The van der Waals surface area contributed by atoms with Gasteiger partial charge in [0.15, 0.2) is 0 Å². The number of carbonyl (C=O) groups excluding carboxylic acids is 1. The van der Waals surface area contributed by atoms with E-state index in [1.54, 1.807) is 26.2 Å². The van der Waals surface area contributed by atoms with E-state index in [0.29, 0.717) is 24.4 Å². The van der Waals surface area contributed by atoms with Gasteiger partial charge in [0.2, 0.25) is 5.91 Å². The van der Waals surface area contributed by atoms with Crippen LogP contribution in [-0.4, -0.2) is 37.6 Å². The Morgan fingerprint density at radius 2 is 2.21 bits per heavy atom. The fraction of sp³-hybridized carbons (Fsp3) is 0.417. The van der Waals surface area contributed by atoms with Crippen molar-refractivity contribution >= 4 is 17.3 Å². The Hall–Kier alpha value is -2.15. The van der Waals surface area contributed by atoms with Gasteiger partial charge >= 0.3 is 0 Å². The smallest absolute Gasteiger partial charge is 0.272 e. The van der Waals surface area contributed by atoms with Gasteiger partial charge in [0.25, 0.3) is 5.69 Å². The highest BCUT2D eigenvalue weighted by molar-refractivity contribution is 5.80. The third-order valence-electron chi connectivity index (χ3n) is 2.47. The van der Waals surface area contributed by atoms with Crippen LogP contribution in [0.2, 0.25) is 0 Å². The molecule has 0 atom stereocenters. The first-order valence-corrected chi connectivity index (χ1v) is 5.79. The Labute approximate surface area is 111 Å². The minimum Gasteiger partial charge on any atom is -0.383 e. The minimum atomic E-state index is -0.434. The zero-order chi connectivity index (χ0) is 14.3. The molecular formula is C12H17N3O4. The third-order valence-corrected chi connectivity index (χ3v) is 2.47. The topological polar surface area (TPSA) is 93.5 Å². The van der Waals surface area contributed by atoms with Gasteiger partial charge in [0, 0.05) is 31.0 Å². The number of hydrogen-bond acceptors (Lipinski definition) is 5. The standard InChI is InChI=1S/C12H17N3O4/c1-9-7-10(3-4-11(9)15(17)18)14-8-12(16)13-5-6-19-2/h3-4,7,14H,5-6,8H2,1-2H3,(H,13,16).